The quantitative estimate of drug-likeness (QED) is 0.347. The second-order valence-electron chi connectivity index (χ2n) is 7.38. The Morgan fingerprint density at radius 3 is 2.83 bits per heavy atom. The Morgan fingerprint density at radius 2 is 2.24 bits per heavy atom. The van der Waals surface area contributed by atoms with Crippen molar-refractivity contribution in [3.8, 4) is 0 Å². The van der Waals surface area contributed by atoms with Gasteiger partial charge in [-0.05, 0) is 25.0 Å². The Balaban J connectivity index is 2.16. The van der Waals surface area contributed by atoms with E-state index in [1.165, 1.54) is 4.90 Å². The molecule has 0 spiro atoms. The van der Waals surface area contributed by atoms with Crippen molar-refractivity contribution >= 4 is 24.0 Å². The van der Waals surface area contributed by atoms with E-state index in [2.05, 4.69) is 10.3 Å². The highest BCUT2D eigenvalue weighted by Gasteiger charge is 2.42. The molecular weight excluding hydrogens is 376 g/mol. The van der Waals surface area contributed by atoms with Crippen LogP contribution in [0.25, 0.3) is 0 Å². The molecule has 0 bridgehead atoms. The van der Waals surface area contributed by atoms with Gasteiger partial charge in [-0.15, -0.1) is 0 Å². The zero-order valence-electron chi connectivity index (χ0n) is 17.2. The van der Waals surface area contributed by atoms with Crippen LogP contribution in [0.15, 0.2) is 18.3 Å². The van der Waals surface area contributed by atoms with Gasteiger partial charge in [-0.3, -0.25) is 19.6 Å². The van der Waals surface area contributed by atoms with E-state index >= 15 is 0 Å². The van der Waals surface area contributed by atoms with E-state index in [9.17, 15) is 19.6 Å². The Hall–Kier alpha value is -2.52. The third kappa shape index (κ3) is 6.23. The number of likely N-dealkylation sites (tertiary alicyclic amines) is 1. The summed E-state index contributed by atoms with van der Waals surface area (Å²) < 4.78 is 5.40. The minimum absolute atomic E-state index is 0.107. The molecule has 29 heavy (non-hydrogen) atoms. The van der Waals surface area contributed by atoms with Gasteiger partial charge in [0.2, 0.25) is 18.2 Å². The highest BCUT2D eigenvalue weighted by molar-refractivity contribution is 5.97. The molecule has 1 aromatic heterocycles. The van der Waals surface area contributed by atoms with Crippen molar-refractivity contribution in [2.24, 2.45) is 5.92 Å². The number of hydroxylamine groups is 2. The Labute approximate surface area is 171 Å². The van der Waals surface area contributed by atoms with E-state index in [-0.39, 0.29) is 37.4 Å². The van der Waals surface area contributed by atoms with Crippen molar-refractivity contribution in [2.75, 3.05) is 25.5 Å². The number of pyridine rings is 1. The molecule has 3 amide bonds. The third-order valence-corrected chi connectivity index (χ3v) is 5.13. The first-order valence-corrected chi connectivity index (χ1v) is 9.87. The van der Waals surface area contributed by atoms with Crippen molar-refractivity contribution in [3.63, 3.8) is 0 Å². The van der Waals surface area contributed by atoms with E-state index in [4.69, 9.17) is 4.74 Å². The first-order chi connectivity index (χ1) is 13.9. The van der Waals surface area contributed by atoms with Gasteiger partial charge in [0.15, 0.2) is 0 Å². The van der Waals surface area contributed by atoms with Crippen LogP contribution in [0.2, 0.25) is 0 Å². The van der Waals surface area contributed by atoms with E-state index in [0.29, 0.717) is 23.7 Å². The SMILES string of the molecule is CCCC[C@H](CN(O)C=O)C(=O)N1C[C@@H](OC)C[C@H]1C(=O)Nc1ccc(C)cn1. The van der Waals surface area contributed by atoms with Crippen LogP contribution in [-0.4, -0.2) is 70.7 Å². The number of rotatable bonds is 10. The molecule has 0 radical (unpaired) electrons. The van der Waals surface area contributed by atoms with E-state index < -0.39 is 12.0 Å². The third-order valence-electron chi connectivity index (χ3n) is 5.13. The Morgan fingerprint density at radius 1 is 1.48 bits per heavy atom. The van der Waals surface area contributed by atoms with Gasteiger partial charge in [-0.1, -0.05) is 25.8 Å². The van der Waals surface area contributed by atoms with Crippen LogP contribution in [0.3, 0.4) is 0 Å². The predicted octanol–water partition coefficient (Wildman–Crippen LogP) is 1.60. The average molecular weight is 406 g/mol. The van der Waals surface area contributed by atoms with Gasteiger partial charge < -0.3 is 15.0 Å². The van der Waals surface area contributed by atoms with E-state index in [1.54, 1.807) is 19.4 Å². The summed E-state index contributed by atoms with van der Waals surface area (Å²) in [4.78, 5) is 42.6. The van der Waals surface area contributed by atoms with Gasteiger partial charge in [-0.2, -0.15) is 0 Å². The molecule has 2 N–H and O–H groups in total. The fourth-order valence-corrected chi connectivity index (χ4v) is 3.46. The molecule has 2 rings (SSSR count). The number of ether oxygens (including phenoxy) is 1. The first-order valence-electron chi connectivity index (χ1n) is 9.87. The van der Waals surface area contributed by atoms with Crippen LogP contribution in [0.4, 0.5) is 5.82 Å². The molecule has 0 aromatic carbocycles. The smallest absolute Gasteiger partial charge is 0.248 e. The fourth-order valence-electron chi connectivity index (χ4n) is 3.46. The number of nitrogens with zero attached hydrogens (tertiary/aromatic N) is 3. The number of hydrogen-bond acceptors (Lipinski definition) is 6. The Kier molecular flexibility index (Phi) is 8.53. The molecule has 0 aliphatic carbocycles. The zero-order chi connectivity index (χ0) is 21.4. The molecule has 160 valence electrons. The number of aryl methyl sites for hydroxylation is 1. The van der Waals surface area contributed by atoms with E-state index in [0.717, 1.165) is 18.4 Å². The summed E-state index contributed by atoms with van der Waals surface area (Å²) in [5.41, 5.74) is 0.975. The monoisotopic (exact) mass is 406 g/mol. The topological polar surface area (TPSA) is 112 Å². The number of aromatic nitrogens is 1. The molecule has 2 heterocycles. The molecule has 9 heteroatoms. The van der Waals surface area contributed by atoms with Crippen molar-refractivity contribution < 1.29 is 24.3 Å². The van der Waals surface area contributed by atoms with Crippen molar-refractivity contribution in [1.29, 1.82) is 0 Å². The number of amides is 3. The number of nitrogens with one attached hydrogen (secondary N) is 1. The lowest BCUT2D eigenvalue weighted by Crippen LogP contribution is -2.47. The van der Waals surface area contributed by atoms with Crippen LogP contribution in [0.5, 0.6) is 0 Å². The maximum absolute atomic E-state index is 13.2. The second kappa shape index (κ2) is 10.9. The number of carbonyl (C=O) groups is 3. The Bertz CT molecular complexity index is 697. The summed E-state index contributed by atoms with van der Waals surface area (Å²) in [6.45, 7) is 4.08. The minimum Gasteiger partial charge on any atom is -0.380 e. The standard InChI is InChI=1S/C20H30N4O5/c1-4-5-6-15(11-23(28)13-25)20(27)24-12-16(29-3)9-17(24)19(26)22-18-8-7-14(2)10-21-18/h7-8,10,13,15-17,28H,4-6,9,11-12H2,1-3H3,(H,21,22,26)/t15-,16+,17+/m1/s1. The molecule has 1 aromatic rings. The van der Waals surface area contributed by atoms with Crippen LogP contribution in [0, 0.1) is 12.8 Å². The number of methoxy groups -OCH3 is 1. The molecule has 1 aliphatic rings. The number of anilines is 1. The number of unbranched alkanes of at least 4 members (excludes halogenated alkanes) is 1. The maximum Gasteiger partial charge on any atom is 0.248 e. The largest absolute Gasteiger partial charge is 0.380 e. The molecule has 0 unspecified atom stereocenters. The molecule has 0 saturated carbocycles. The summed E-state index contributed by atoms with van der Waals surface area (Å²) in [6, 6.07) is 2.84. The van der Waals surface area contributed by atoms with Gasteiger partial charge in [0.25, 0.3) is 0 Å². The normalized spacial score (nSPS) is 19.7. The summed E-state index contributed by atoms with van der Waals surface area (Å²) in [6.07, 6.45) is 4.21. The van der Waals surface area contributed by atoms with Crippen LogP contribution >= 0.6 is 0 Å². The fraction of sp³-hybridized carbons (Fsp3) is 0.600. The molecule has 1 saturated heterocycles. The average Bonchev–Trinajstić information content (AvgIpc) is 3.16. The van der Waals surface area contributed by atoms with Gasteiger partial charge in [0, 0.05) is 26.3 Å². The highest BCUT2D eigenvalue weighted by Crippen LogP contribution is 2.25. The lowest BCUT2D eigenvalue weighted by Gasteiger charge is -2.29. The molecule has 1 fully saturated rings. The van der Waals surface area contributed by atoms with Gasteiger partial charge in [0.1, 0.15) is 11.9 Å². The van der Waals surface area contributed by atoms with Crippen molar-refractivity contribution in [2.45, 2.75) is 51.7 Å². The lowest BCUT2D eigenvalue weighted by molar-refractivity contribution is -0.157. The highest BCUT2D eigenvalue weighted by atomic mass is 16.5. The summed E-state index contributed by atoms with van der Waals surface area (Å²) in [5, 5.41) is 12.8. The maximum atomic E-state index is 13.2. The van der Waals surface area contributed by atoms with Crippen molar-refractivity contribution in [3.05, 3.63) is 23.9 Å². The zero-order valence-corrected chi connectivity index (χ0v) is 17.2. The van der Waals surface area contributed by atoms with Gasteiger partial charge in [0.05, 0.1) is 18.6 Å². The van der Waals surface area contributed by atoms with E-state index in [1.807, 2.05) is 19.9 Å². The molecular formula is C20H30N4O5. The van der Waals surface area contributed by atoms with Gasteiger partial charge >= 0.3 is 0 Å². The minimum atomic E-state index is -0.706. The lowest BCUT2D eigenvalue weighted by atomic mass is 9.99. The van der Waals surface area contributed by atoms with Crippen LogP contribution in [0.1, 0.15) is 38.2 Å². The van der Waals surface area contributed by atoms with Crippen molar-refractivity contribution in [1.82, 2.24) is 14.9 Å². The summed E-state index contributed by atoms with van der Waals surface area (Å²) in [7, 11) is 1.55. The predicted molar refractivity (Wildman–Crippen MR) is 106 cm³/mol. The second-order valence-corrected chi connectivity index (χ2v) is 7.38. The number of hydrogen-bond donors (Lipinski definition) is 2. The molecule has 9 nitrogen and oxygen atoms in total. The molecule has 3 atom stereocenters. The first kappa shape index (κ1) is 22.8. The summed E-state index contributed by atoms with van der Waals surface area (Å²) in [5.74, 6) is -0.775. The van der Waals surface area contributed by atoms with Crippen LogP contribution < -0.4 is 5.32 Å². The summed E-state index contributed by atoms with van der Waals surface area (Å²) >= 11 is 0. The van der Waals surface area contributed by atoms with Crippen LogP contribution in [-0.2, 0) is 19.1 Å². The van der Waals surface area contributed by atoms with Gasteiger partial charge in [-0.25, -0.2) is 10.0 Å². The number of carbonyl (C=O) groups excluding carboxylic acids is 3. The molecule has 1 aliphatic heterocycles.